The van der Waals surface area contributed by atoms with Crippen LogP contribution in [0.4, 0.5) is 0 Å². The minimum Gasteiger partial charge on any atom is -0.748 e. The van der Waals surface area contributed by atoms with Gasteiger partial charge in [0.25, 0.3) is 0 Å². The second-order valence-corrected chi connectivity index (χ2v) is 5.84. The largest absolute Gasteiger partial charge is 1.00 e. The van der Waals surface area contributed by atoms with Gasteiger partial charge < -0.3 is 9.66 Å². The van der Waals surface area contributed by atoms with E-state index in [4.69, 9.17) is 5.11 Å². The van der Waals surface area contributed by atoms with Crippen molar-refractivity contribution >= 4 is 10.1 Å². The smallest absolute Gasteiger partial charge is 0.748 e. The van der Waals surface area contributed by atoms with Crippen LogP contribution in [0.5, 0.6) is 0 Å². The van der Waals surface area contributed by atoms with Gasteiger partial charge in [0.2, 0.25) is 0 Å². The summed E-state index contributed by atoms with van der Waals surface area (Å²) in [6, 6.07) is 0. The van der Waals surface area contributed by atoms with Gasteiger partial charge in [-0.25, -0.2) is 8.42 Å². The van der Waals surface area contributed by atoms with Crippen molar-refractivity contribution in [2.45, 2.75) is 63.5 Å². The molecule has 0 radical (unpaired) electrons. The summed E-state index contributed by atoms with van der Waals surface area (Å²) >= 11 is 0. The van der Waals surface area contributed by atoms with E-state index >= 15 is 0 Å². The van der Waals surface area contributed by atoms with Gasteiger partial charge in [0.05, 0.1) is 15.4 Å². The van der Waals surface area contributed by atoms with E-state index in [9.17, 15) is 13.0 Å². The first kappa shape index (κ1) is 20.8. The van der Waals surface area contributed by atoms with E-state index in [-0.39, 0.29) is 64.4 Å². The van der Waals surface area contributed by atoms with E-state index in [0.717, 1.165) is 19.3 Å². The molecule has 0 bridgehead atoms. The number of aliphatic hydroxyl groups excluding tert-OH is 1. The second kappa shape index (κ2) is 12.5. The third-order valence-electron chi connectivity index (χ3n) is 2.74. The summed E-state index contributed by atoms with van der Waals surface area (Å²) in [6.07, 6.45) is 6.85. The molecule has 0 aromatic heterocycles. The maximum absolute atomic E-state index is 10.8. The number of hydrogen-bond donors (Lipinski definition) is 1. The number of aliphatic hydroxyl groups is 1. The molecule has 1 unspecified atom stereocenters. The van der Waals surface area contributed by atoms with Crippen molar-refractivity contribution in [3.8, 4) is 0 Å². The molecule has 17 heavy (non-hydrogen) atoms. The zero-order valence-corrected chi connectivity index (χ0v) is 15.0. The second-order valence-electron chi connectivity index (χ2n) is 4.18. The normalized spacial score (nSPS) is 13.1. The van der Waals surface area contributed by atoms with Crippen LogP contribution in [-0.2, 0) is 10.1 Å². The van der Waals surface area contributed by atoms with E-state index in [1.807, 2.05) is 0 Å². The number of unbranched alkanes of at least 4 members (excludes halogenated alkanes) is 5. The molecule has 0 aliphatic heterocycles. The monoisotopic (exact) mass is 290 g/mol. The van der Waals surface area contributed by atoms with Gasteiger partial charge in [-0.15, -0.1) is 0 Å². The van der Waals surface area contributed by atoms with Gasteiger partial charge in [0.1, 0.15) is 0 Å². The molecule has 6 heteroatoms. The first-order chi connectivity index (χ1) is 7.52. The molecule has 0 spiro atoms. The van der Waals surface area contributed by atoms with Crippen LogP contribution in [-0.4, -0.2) is 29.9 Å². The maximum Gasteiger partial charge on any atom is 1.00 e. The first-order valence-corrected chi connectivity index (χ1v) is 7.55. The van der Waals surface area contributed by atoms with Crippen molar-refractivity contribution in [2.24, 2.45) is 0 Å². The summed E-state index contributed by atoms with van der Waals surface area (Å²) in [5, 5.41) is 7.77. The molecule has 1 atom stereocenters. The van der Waals surface area contributed by atoms with Gasteiger partial charge in [0, 0.05) is 6.61 Å². The molecule has 0 saturated carbocycles. The topological polar surface area (TPSA) is 77.4 Å². The summed E-state index contributed by atoms with van der Waals surface area (Å²) in [4.78, 5) is 0. The van der Waals surface area contributed by atoms with Crippen LogP contribution in [0, 0.1) is 0 Å². The Bertz CT molecular complexity index is 254. The average Bonchev–Trinajstić information content (AvgIpc) is 2.20. The van der Waals surface area contributed by atoms with Gasteiger partial charge in [-0.2, -0.15) is 0 Å². The molecule has 1 N–H and O–H groups in total. The quantitative estimate of drug-likeness (QED) is 0.319. The Hall–Kier alpha value is 1.51. The SMILES string of the molecule is CCCCCCCCC(CCO)S(=O)(=O)[O-].[K+]. The van der Waals surface area contributed by atoms with Crippen LogP contribution in [0.3, 0.4) is 0 Å². The standard InChI is InChI=1S/C11H24O4S.K/c1-2-3-4-5-6-7-8-11(9-10-12)16(13,14)15;/h11-12H,2-10H2,1H3,(H,13,14,15);/q;+1/p-1. The third-order valence-corrected chi connectivity index (χ3v) is 4.03. The molecule has 98 valence electrons. The van der Waals surface area contributed by atoms with Crippen molar-refractivity contribution in [3.63, 3.8) is 0 Å². The molecule has 0 saturated heterocycles. The van der Waals surface area contributed by atoms with E-state index < -0.39 is 15.4 Å². The molecule has 0 aromatic carbocycles. The fraction of sp³-hybridized carbons (Fsp3) is 1.00. The molecule has 0 heterocycles. The summed E-state index contributed by atoms with van der Waals surface area (Å²) < 4.78 is 32.5. The minimum atomic E-state index is -4.23. The summed E-state index contributed by atoms with van der Waals surface area (Å²) in [7, 11) is -4.23. The van der Waals surface area contributed by atoms with Crippen molar-refractivity contribution in [1.82, 2.24) is 0 Å². The zero-order valence-electron chi connectivity index (χ0n) is 11.0. The molecule has 0 aromatic rings. The molecular weight excluding hydrogens is 267 g/mol. The van der Waals surface area contributed by atoms with Crippen molar-refractivity contribution in [3.05, 3.63) is 0 Å². The Balaban J connectivity index is 0. The van der Waals surface area contributed by atoms with E-state index in [0.29, 0.717) is 6.42 Å². The van der Waals surface area contributed by atoms with Crippen molar-refractivity contribution in [2.75, 3.05) is 6.61 Å². The predicted molar refractivity (Wildman–Crippen MR) is 63.2 cm³/mol. The van der Waals surface area contributed by atoms with Gasteiger partial charge >= 0.3 is 51.4 Å². The summed E-state index contributed by atoms with van der Waals surface area (Å²) in [5.41, 5.74) is 0. The fourth-order valence-corrected chi connectivity index (χ4v) is 2.58. The minimum absolute atomic E-state index is 0. The van der Waals surface area contributed by atoms with Gasteiger partial charge in [-0.1, -0.05) is 45.4 Å². The molecular formula is C11H23KO4S. The molecule has 0 aliphatic carbocycles. The molecule has 0 amide bonds. The predicted octanol–water partition coefficient (Wildman–Crippen LogP) is -0.963. The van der Waals surface area contributed by atoms with E-state index in [1.54, 1.807) is 0 Å². The van der Waals surface area contributed by atoms with Crippen LogP contribution >= 0.6 is 0 Å². The molecule has 4 nitrogen and oxygen atoms in total. The van der Waals surface area contributed by atoms with Crippen LogP contribution in [0.1, 0.15) is 58.3 Å². The Morgan fingerprint density at radius 2 is 1.59 bits per heavy atom. The van der Waals surface area contributed by atoms with Crippen LogP contribution in [0.25, 0.3) is 0 Å². The average molecular weight is 290 g/mol. The van der Waals surface area contributed by atoms with Gasteiger partial charge in [-0.3, -0.25) is 0 Å². The molecule has 0 rings (SSSR count). The Morgan fingerprint density at radius 3 is 2.06 bits per heavy atom. The zero-order chi connectivity index (χ0) is 12.4. The number of hydrogen-bond acceptors (Lipinski definition) is 4. The molecule has 0 aliphatic rings. The fourth-order valence-electron chi connectivity index (χ4n) is 1.73. The van der Waals surface area contributed by atoms with E-state index in [2.05, 4.69) is 6.92 Å². The maximum atomic E-state index is 10.8. The van der Waals surface area contributed by atoms with Crippen molar-refractivity contribution < 1.29 is 69.5 Å². The Labute approximate surface area is 148 Å². The molecule has 0 fully saturated rings. The Kier molecular flexibility index (Phi) is 15.3. The van der Waals surface area contributed by atoms with Crippen LogP contribution < -0.4 is 51.4 Å². The van der Waals surface area contributed by atoms with Gasteiger partial charge in [0.15, 0.2) is 0 Å². The van der Waals surface area contributed by atoms with Crippen LogP contribution in [0.15, 0.2) is 0 Å². The summed E-state index contributed by atoms with van der Waals surface area (Å²) in [6.45, 7) is 1.91. The third kappa shape index (κ3) is 12.3. The van der Waals surface area contributed by atoms with Gasteiger partial charge in [-0.05, 0) is 12.8 Å². The van der Waals surface area contributed by atoms with Crippen LogP contribution in [0.2, 0.25) is 0 Å². The number of rotatable bonds is 10. The van der Waals surface area contributed by atoms with Crippen molar-refractivity contribution in [1.29, 1.82) is 0 Å². The van der Waals surface area contributed by atoms with E-state index in [1.165, 1.54) is 19.3 Å². The Morgan fingerprint density at radius 1 is 1.06 bits per heavy atom. The first-order valence-electron chi connectivity index (χ1n) is 6.08. The summed E-state index contributed by atoms with van der Waals surface area (Å²) in [5.74, 6) is 0.